The van der Waals surface area contributed by atoms with E-state index in [0.29, 0.717) is 13.2 Å². The van der Waals surface area contributed by atoms with E-state index in [1.165, 1.54) is 6.07 Å². The van der Waals surface area contributed by atoms with Gasteiger partial charge in [0.2, 0.25) is 0 Å². The van der Waals surface area contributed by atoms with Gasteiger partial charge in [0.05, 0.1) is 6.61 Å². The monoisotopic (exact) mass is 226 g/mol. The SMILES string of the molecule is COCCOc1ccc(C(C)(C)C)cc1F. The minimum atomic E-state index is -0.316. The minimum absolute atomic E-state index is 0.0497. The highest BCUT2D eigenvalue weighted by Gasteiger charge is 2.15. The molecule has 0 amide bonds. The molecule has 0 aromatic heterocycles. The molecule has 0 radical (unpaired) electrons. The first-order valence-corrected chi connectivity index (χ1v) is 5.37. The van der Waals surface area contributed by atoms with Gasteiger partial charge in [-0.05, 0) is 23.1 Å². The number of halogens is 1. The Bertz CT molecular complexity index is 342. The summed E-state index contributed by atoms with van der Waals surface area (Å²) in [5, 5.41) is 0. The Labute approximate surface area is 96.4 Å². The van der Waals surface area contributed by atoms with Crippen LogP contribution >= 0.6 is 0 Å². The smallest absolute Gasteiger partial charge is 0.165 e. The molecule has 0 unspecified atom stereocenters. The summed E-state index contributed by atoms with van der Waals surface area (Å²) in [6, 6.07) is 5.10. The third-order valence-electron chi connectivity index (χ3n) is 2.34. The third-order valence-corrected chi connectivity index (χ3v) is 2.34. The summed E-state index contributed by atoms with van der Waals surface area (Å²) in [7, 11) is 1.59. The first kappa shape index (κ1) is 13.0. The zero-order chi connectivity index (χ0) is 12.2. The highest BCUT2D eigenvalue weighted by molar-refractivity contribution is 5.32. The van der Waals surface area contributed by atoms with Crippen molar-refractivity contribution < 1.29 is 13.9 Å². The summed E-state index contributed by atoms with van der Waals surface area (Å²) in [6.07, 6.45) is 0. The summed E-state index contributed by atoms with van der Waals surface area (Å²) in [5.74, 6) is -0.0337. The van der Waals surface area contributed by atoms with Gasteiger partial charge in [-0.1, -0.05) is 26.8 Å². The summed E-state index contributed by atoms with van der Waals surface area (Å²) >= 11 is 0. The second-order valence-electron chi connectivity index (χ2n) is 4.74. The molecule has 3 heteroatoms. The maximum atomic E-state index is 13.6. The molecule has 90 valence electrons. The van der Waals surface area contributed by atoms with E-state index in [1.54, 1.807) is 13.2 Å². The van der Waals surface area contributed by atoms with E-state index < -0.39 is 0 Å². The Morgan fingerprint density at radius 1 is 1.19 bits per heavy atom. The molecule has 0 aliphatic carbocycles. The van der Waals surface area contributed by atoms with Crippen LogP contribution in [0.4, 0.5) is 4.39 Å². The van der Waals surface area contributed by atoms with Gasteiger partial charge in [-0.3, -0.25) is 0 Å². The molecular formula is C13H19FO2. The Balaban J connectivity index is 2.76. The number of methoxy groups -OCH3 is 1. The lowest BCUT2D eigenvalue weighted by Crippen LogP contribution is -2.12. The third kappa shape index (κ3) is 3.49. The van der Waals surface area contributed by atoms with E-state index >= 15 is 0 Å². The zero-order valence-corrected chi connectivity index (χ0v) is 10.3. The molecule has 0 aliphatic rings. The van der Waals surface area contributed by atoms with Gasteiger partial charge in [-0.25, -0.2) is 4.39 Å². The van der Waals surface area contributed by atoms with E-state index in [-0.39, 0.29) is 17.0 Å². The number of hydrogen-bond donors (Lipinski definition) is 0. The molecular weight excluding hydrogens is 207 g/mol. The highest BCUT2D eigenvalue weighted by atomic mass is 19.1. The second-order valence-corrected chi connectivity index (χ2v) is 4.74. The molecule has 0 saturated heterocycles. The summed E-state index contributed by atoms with van der Waals surface area (Å²) in [5.41, 5.74) is 0.912. The first-order valence-electron chi connectivity index (χ1n) is 5.37. The lowest BCUT2D eigenvalue weighted by atomic mass is 9.87. The van der Waals surface area contributed by atoms with Crippen molar-refractivity contribution in [3.8, 4) is 5.75 Å². The van der Waals surface area contributed by atoms with Crippen LogP contribution in [0.15, 0.2) is 18.2 Å². The number of benzene rings is 1. The Hall–Kier alpha value is -1.09. The summed E-state index contributed by atoms with van der Waals surface area (Å²) in [6.45, 7) is 6.97. The topological polar surface area (TPSA) is 18.5 Å². The van der Waals surface area contributed by atoms with Gasteiger partial charge in [0.25, 0.3) is 0 Å². The standard InChI is InChI=1S/C13H19FO2/c1-13(2,3)10-5-6-12(11(14)9-10)16-8-7-15-4/h5-6,9H,7-8H2,1-4H3. The summed E-state index contributed by atoms with van der Waals surface area (Å²) in [4.78, 5) is 0. The van der Waals surface area contributed by atoms with Crippen molar-refractivity contribution in [1.29, 1.82) is 0 Å². The molecule has 1 rings (SSSR count). The number of ether oxygens (including phenoxy) is 2. The van der Waals surface area contributed by atoms with Crippen molar-refractivity contribution in [2.24, 2.45) is 0 Å². The van der Waals surface area contributed by atoms with Crippen LogP contribution in [0.3, 0.4) is 0 Å². The molecule has 0 spiro atoms. The molecule has 0 saturated carbocycles. The predicted octanol–water partition coefficient (Wildman–Crippen LogP) is 3.15. The van der Waals surface area contributed by atoms with Crippen LogP contribution in [0.2, 0.25) is 0 Å². The van der Waals surface area contributed by atoms with Crippen LogP contribution in [-0.2, 0) is 10.2 Å². The number of rotatable bonds is 4. The molecule has 1 aromatic rings. The van der Waals surface area contributed by atoms with Crippen LogP contribution in [-0.4, -0.2) is 20.3 Å². The molecule has 0 fully saturated rings. The van der Waals surface area contributed by atoms with Crippen molar-refractivity contribution in [1.82, 2.24) is 0 Å². The van der Waals surface area contributed by atoms with Gasteiger partial charge < -0.3 is 9.47 Å². The Morgan fingerprint density at radius 2 is 1.88 bits per heavy atom. The van der Waals surface area contributed by atoms with Gasteiger partial charge in [-0.2, -0.15) is 0 Å². The molecule has 0 heterocycles. The van der Waals surface area contributed by atoms with Gasteiger partial charge in [0.1, 0.15) is 6.61 Å². The average Bonchev–Trinajstić information content (AvgIpc) is 2.19. The van der Waals surface area contributed by atoms with Crippen molar-refractivity contribution in [2.75, 3.05) is 20.3 Å². The van der Waals surface area contributed by atoms with Crippen molar-refractivity contribution >= 4 is 0 Å². The fourth-order valence-electron chi connectivity index (χ4n) is 1.32. The molecule has 0 atom stereocenters. The zero-order valence-electron chi connectivity index (χ0n) is 10.3. The largest absolute Gasteiger partial charge is 0.488 e. The van der Waals surface area contributed by atoms with Gasteiger partial charge >= 0.3 is 0 Å². The quantitative estimate of drug-likeness (QED) is 0.734. The van der Waals surface area contributed by atoms with Crippen molar-refractivity contribution in [3.63, 3.8) is 0 Å². The van der Waals surface area contributed by atoms with Crippen LogP contribution < -0.4 is 4.74 Å². The van der Waals surface area contributed by atoms with Crippen LogP contribution in [0, 0.1) is 5.82 Å². The molecule has 0 aliphatic heterocycles. The van der Waals surface area contributed by atoms with Crippen molar-refractivity contribution in [3.05, 3.63) is 29.6 Å². The van der Waals surface area contributed by atoms with Gasteiger partial charge in [-0.15, -0.1) is 0 Å². The Morgan fingerprint density at radius 3 is 2.38 bits per heavy atom. The van der Waals surface area contributed by atoms with E-state index in [2.05, 4.69) is 0 Å². The molecule has 1 aromatic carbocycles. The maximum absolute atomic E-state index is 13.6. The van der Waals surface area contributed by atoms with E-state index in [4.69, 9.17) is 9.47 Å². The van der Waals surface area contributed by atoms with E-state index in [9.17, 15) is 4.39 Å². The predicted molar refractivity (Wildman–Crippen MR) is 62.5 cm³/mol. The number of hydrogen-bond acceptors (Lipinski definition) is 2. The second kappa shape index (κ2) is 5.30. The lowest BCUT2D eigenvalue weighted by molar-refractivity contribution is 0.144. The molecule has 0 N–H and O–H groups in total. The van der Waals surface area contributed by atoms with Gasteiger partial charge in [0.15, 0.2) is 11.6 Å². The highest BCUT2D eigenvalue weighted by Crippen LogP contribution is 2.26. The lowest BCUT2D eigenvalue weighted by Gasteiger charge is -2.19. The van der Waals surface area contributed by atoms with E-state index in [0.717, 1.165) is 5.56 Å². The Kier molecular flexibility index (Phi) is 4.30. The van der Waals surface area contributed by atoms with E-state index in [1.807, 2.05) is 26.8 Å². The maximum Gasteiger partial charge on any atom is 0.165 e. The normalized spacial score (nSPS) is 11.6. The summed E-state index contributed by atoms with van der Waals surface area (Å²) < 4.78 is 23.7. The first-order chi connectivity index (χ1) is 7.45. The molecule has 2 nitrogen and oxygen atoms in total. The van der Waals surface area contributed by atoms with Gasteiger partial charge in [0, 0.05) is 7.11 Å². The molecule has 0 bridgehead atoms. The average molecular weight is 226 g/mol. The van der Waals surface area contributed by atoms with Crippen LogP contribution in [0.1, 0.15) is 26.3 Å². The molecule has 16 heavy (non-hydrogen) atoms. The fourth-order valence-corrected chi connectivity index (χ4v) is 1.32. The van der Waals surface area contributed by atoms with Crippen LogP contribution in [0.5, 0.6) is 5.75 Å². The van der Waals surface area contributed by atoms with Crippen molar-refractivity contribution in [2.45, 2.75) is 26.2 Å². The van der Waals surface area contributed by atoms with Crippen LogP contribution in [0.25, 0.3) is 0 Å². The fraction of sp³-hybridized carbons (Fsp3) is 0.538. The minimum Gasteiger partial charge on any atom is -0.488 e.